The minimum atomic E-state index is -0.620. The van der Waals surface area contributed by atoms with Crippen molar-refractivity contribution < 1.29 is 24.2 Å². The minimum Gasteiger partial charge on any atom is -0.489 e. The normalized spacial score (nSPS) is 27.9. The molecular formula is C21H27N3O5. The molecule has 2 saturated heterocycles. The fourth-order valence-electron chi connectivity index (χ4n) is 4.38. The molecule has 0 aromatic heterocycles. The Balaban J connectivity index is 1.46. The van der Waals surface area contributed by atoms with Gasteiger partial charge in [0, 0.05) is 44.1 Å². The number of aliphatic hydroxyl groups excluding tert-OH is 1. The van der Waals surface area contributed by atoms with Crippen LogP contribution in [0, 0.1) is 0 Å². The molecule has 3 aliphatic heterocycles. The lowest BCUT2D eigenvalue weighted by Gasteiger charge is -2.38. The highest BCUT2D eigenvalue weighted by Crippen LogP contribution is 2.31. The first-order valence-corrected chi connectivity index (χ1v) is 10.2. The van der Waals surface area contributed by atoms with E-state index in [1.807, 2.05) is 6.07 Å². The summed E-state index contributed by atoms with van der Waals surface area (Å²) in [6, 6.07) is 5.06. The molecule has 1 aromatic rings. The molecule has 0 aliphatic carbocycles. The average molecular weight is 401 g/mol. The van der Waals surface area contributed by atoms with E-state index in [1.165, 1.54) is 4.90 Å². The first-order chi connectivity index (χ1) is 13.8. The molecule has 2 N–H and O–H groups in total. The van der Waals surface area contributed by atoms with Crippen LogP contribution >= 0.6 is 0 Å². The van der Waals surface area contributed by atoms with E-state index in [-0.39, 0.29) is 24.3 Å². The van der Waals surface area contributed by atoms with Gasteiger partial charge in [-0.1, -0.05) is 0 Å². The minimum absolute atomic E-state index is 0.123. The number of nitrogens with one attached hydrogen (secondary N) is 1. The first-order valence-electron chi connectivity index (χ1n) is 10.2. The zero-order chi connectivity index (χ0) is 20.7. The third-order valence-corrected chi connectivity index (χ3v) is 5.95. The second-order valence-electron chi connectivity index (χ2n) is 8.40. The van der Waals surface area contributed by atoms with Crippen molar-refractivity contribution in [2.45, 2.75) is 63.9 Å². The molecule has 3 heterocycles. The number of hydrogen-bond acceptors (Lipinski definition) is 6. The maximum absolute atomic E-state index is 12.8. The van der Waals surface area contributed by atoms with Gasteiger partial charge in [0.15, 0.2) is 0 Å². The average Bonchev–Trinajstić information content (AvgIpc) is 2.97. The Hall–Kier alpha value is -2.45. The molecule has 3 aliphatic rings. The van der Waals surface area contributed by atoms with Crippen molar-refractivity contribution in [1.82, 2.24) is 15.1 Å². The largest absolute Gasteiger partial charge is 0.489 e. The number of hydrogen-bond donors (Lipinski definition) is 2. The topological polar surface area (TPSA) is 99.2 Å². The molecule has 1 unspecified atom stereocenters. The Bertz CT molecular complexity index is 840. The summed E-state index contributed by atoms with van der Waals surface area (Å²) in [6.07, 6.45) is 0.611. The van der Waals surface area contributed by atoms with E-state index in [1.54, 1.807) is 12.1 Å². The van der Waals surface area contributed by atoms with E-state index in [2.05, 4.69) is 24.1 Å². The number of fused-ring (bicyclic) bond motifs is 1. The number of rotatable bonds is 4. The van der Waals surface area contributed by atoms with Gasteiger partial charge in [0.05, 0.1) is 6.10 Å². The highest BCUT2D eigenvalue weighted by molar-refractivity contribution is 6.05. The summed E-state index contributed by atoms with van der Waals surface area (Å²) >= 11 is 0. The predicted octanol–water partition coefficient (Wildman–Crippen LogP) is 0.670. The van der Waals surface area contributed by atoms with Crippen LogP contribution in [0.2, 0.25) is 0 Å². The molecular weight excluding hydrogens is 374 g/mol. The number of imide groups is 1. The number of nitrogens with zero attached hydrogens (tertiary/aromatic N) is 2. The maximum Gasteiger partial charge on any atom is 0.255 e. The van der Waals surface area contributed by atoms with Gasteiger partial charge in [0.2, 0.25) is 11.8 Å². The Labute approximate surface area is 169 Å². The van der Waals surface area contributed by atoms with Gasteiger partial charge in [0.1, 0.15) is 17.9 Å². The van der Waals surface area contributed by atoms with Crippen molar-refractivity contribution in [3.05, 3.63) is 29.3 Å². The Morgan fingerprint density at radius 2 is 2.00 bits per heavy atom. The van der Waals surface area contributed by atoms with Crippen LogP contribution < -0.4 is 10.1 Å². The summed E-state index contributed by atoms with van der Waals surface area (Å²) < 4.78 is 6.13. The van der Waals surface area contributed by atoms with Gasteiger partial charge in [0.25, 0.3) is 5.91 Å². The lowest BCUT2D eigenvalue weighted by Crippen LogP contribution is -2.52. The van der Waals surface area contributed by atoms with Crippen LogP contribution in [0.1, 0.15) is 49.0 Å². The molecule has 8 heteroatoms. The second-order valence-corrected chi connectivity index (χ2v) is 8.40. The summed E-state index contributed by atoms with van der Waals surface area (Å²) in [5, 5.41) is 12.5. The Morgan fingerprint density at radius 3 is 2.72 bits per heavy atom. The third-order valence-electron chi connectivity index (χ3n) is 5.95. The van der Waals surface area contributed by atoms with Crippen molar-refractivity contribution in [2.75, 3.05) is 13.1 Å². The number of aliphatic hydroxyl groups is 1. The van der Waals surface area contributed by atoms with Crippen LogP contribution in [0.5, 0.6) is 5.75 Å². The lowest BCUT2D eigenvalue weighted by molar-refractivity contribution is -0.136. The molecule has 2 fully saturated rings. The summed E-state index contributed by atoms with van der Waals surface area (Å²) in [7, 11) is 0. The number of carbonyl (C=O) groups excluding carboxylic acids is 3. The fraction of sp³-hybridized carbons (Fsp3) is 0.571. The van der Waals surface area contributed by atoms with Crippen LogP contribution in [-0.2, 0) is 16.1 Å². The number of ether oxygens (including phenoxy) is 1. The molecule has 156 valence electrons. The second kappa shape index (κ2) is 7.76. The zero-order valence-electron chi connectivity index (χ0n) is 16.8. The van der Waals surface area contributed by atoms with E-state index >= 15 is 0 Å². The van der Waals surface area contributed by atoms with Gasteiger partial charge >= 0.3 is 0 Å². The zero-order valence-corrected chi connectivity index (χ0v) is 16.8. The number of benzene rings is 1. The number of amides is 3. The quantitative estimate of drug-likeness (QED) is 0.720. The lowest BCUT2D eigenvalue weighted by atomic mass is 10.0. The van der Waals surface area contributed by atoms with E-state index in [0.29, 0.717) is 43.3 Å². The first kappa shape index (κ1) is 19.8. The van der Waals surface area contributed by atoms with Crippen molar-refractivity contribution in [3.63, 3.8) is 0 Å². The summed E-state index contributed by atoms with van der Waals surface area (Å²) in [5.74, 6) is -0.246. The summed E-state index contributed by atoms with van der Waals surface area (Å²) in [4.78, 5) is 40.0. The molecule has 0 bridgehead atoms. The predicted molar refractivity (Wildman–Crippen MR) is 104 cm³/mol. The molecule has 29 heavy (non-hydrogen) atoms. The van der Waals surface area contributed by atoms with Gasteiger partial charge < -0.3 is 14.7 Å². The number of carbonyl (C=O) groups is 3. The van der Waals surface area contributed by atoms with Crippen LogP contribution in [0.15, 0.2) is 18.2 Å². The molecule has 0 spiro atoms. The van der Waals surface area contributed by atoms with Crippen LogP contribution in [0.3, 0.4) is 0 Å². The molecule has 1 aromatic carbocycles. The van der Waals surface area contributed by atoms with Crippen molar-refractivity contribution in [1.29, 1.82) is 0 Å². The van der Waals surface area contributed by atoms with Crippen LogP contribution in [-0.4, -0.2) is 70.0 Å². The van der Waals surface area contributed by atoms with Gasteiger partial charge in [-0.05, 0) is 44.0 Å². The van der Waals surface area contributed by atoms with Crippen LogP contribution in [0.4, 0.5) is 0 Å². The van der Waals surface area contributed by atoms with E-state index < -0.39 is 18.1 Å². The van der Waals surface area contributed by atoms with E-state index in [9.17, 15) is 19.5 Å². The van der Waals surface area contributed by atoms with Crippen molar-refractivity contribution >= 4 is 17.7 Å². The van der Waals surface area contributed by atoms with Gasteiger partial charge in [-0.2, -0.15) is 0 Å². The fourth-order valence-corrected chi connectivity index (χ4v) is 4.38. The number of piperidine rings is 2. The monoisotopic (exact) mass is 401 g/mol. The van der Waals surface area contributed by atoms with Crippen molar-refractivity contribution in [2.24, 2.45) is 0 Å². The molecule has 0 radical (unpaired) electrons. The Kier molecular flexibility index (Phi) is 5.31. The summed E-state index contributed by atoms with van der Waals surface area (Å²) in [6.45, 7) is 5.91. The molecule has 8 nitrogen and oxygen atoms in total. The SMILES string of the molecule is CC(C)N1C[C@H](O)C[C@@H](Oc2ccc3c(c2)CN(C2CCC(=O)NC2=O)C3=O)C1. The smallest absolute Gasteiger partial charge is 0.255 e. The van der Waals surface area contributed by atoms with E-state index in [4.69, 9.17) is 4.74 Å². The molecule has 4 rings (SSSR count). The highest BCUT2D eigenvalue weighted by atomic mass is 16.5. The highest BCUT2D eigenvalue weighted by Gasteiger charge is 2.39. The molecule has 3 atom stereocenters. The Morgan fingerprint density at radius 1 is 1.21 bits per heavy atom. The van der Waals surface area contributed by atoms with Gasteiger partial charge in [-0.3, -0.25) is 24.6 Å². The van der Waals surface area contributed by atoms with Crippen molar-refractivity contribution in [3.8, 4) is 5.75 Å². The standard InChI is InChI=1S/C21H27N3O5/c1-12(2)23-10-14(25)8-16(11-23)29-15-3-4-17-13(7-15)9-24(21(17)28)18-5-6-19(26)22-20(18)27/h3-4,7,12,14,16,18,25H,5-6,8-11H2,1-2H3,(H,22,26,27)/t14-,16-,18?/m1/s1. The summed E-state index contributed by atoms with van der Waals surface area (Å²) in [5.41, 5.74) is 1.38. The van der Waals surface area contributed by atoms with Crippen LogP contribution in [0.25, 0.3) is 0 Å². The number of likely N-dealkylation sites (tertiary alicyclic amines) is 1. The van der Waals surface area contributed by atoms with Gasteiger partial charge in [-0.25, -0.2) is 0 Å². The third kappa shape index (κ3) is 4.00. The molecule has 3 amide bonds. The maximum atomic E-state index is 12.8. The number of β-amino-alcohol motifs (C(OH)–C–C–N with tert-alkyl or cyclic N) is 1. The van der Waals surface area contributed by atoms with E-state index in [0.717, 1.165) is 12.1 Å². The van der Waals surface area contributed by atoms with Gasteiger partial charge in [-0.15, -0.1) is 0 Å². The molecule has 0 saturated carbocycles.